The van der Waals surface area contributed by atoms with Crippen molar-refractivity contribution in [2.75, 3.05) is 49.3 Å². The molecule has 0 radical (unpaired) electrons. The second-order valence-electron chi connectivity index (χ2n) is 9.98. The number of hydrogen-bond acceptors (Lipinski definition) is 10. The SMILES string of the molecule is COC(=O)c1ccc(C)c(Nc2nc(N[C@@H]3CCNC3)nc(N(C)CC(C)(C)C)n2)c1.O=C(O)C(F)(F)F. The van der Waals surface area contributed by atoms with Gasteiger partial charge in [0.05, 0.1) is 12.7 Å². The van der Waals surface area contributed by atoms with Gasteiger partial charge in [0.2, 0.25) is 17.8 Å². The number of ether oxygens (including phenoxy) is 1. The van der Waals surface area contributed by atoms with Crippen molar-refractivity contribution in [2.45, 2.75) is 46.3 Å². The molecule has 0 bridgehead atoms. The van der Waals surface area contributed by atoms with E-state index >= 15 is 0 Å². The molecule has 1 aromatic heterocycles. The molecule has 0 aliphatic carbocycles. The van der Waals surface area contributed by atoms with Gasteiger partial charge in [-0.3, -0.25) is 0 Å². The highest BCUT2D eigenvalue weighted by Gasteiger charge is 2.38. The third-order valence-corrected chi connectivity index (χ3v) is 5.22. The van der Waals surface area contributed by atoms with Crippen LogP contribution in [-0.2, 0) is 9.53 Å². The first-order valence-electron chi connectivity index (χ1n) is 11.8. The van der Waals surface area contributed by atoms with Gasteiger partial charge in [-0.1, -0.05) is 26.8 Å². The fourth-order valence-electron chi connectivity index (χ4n) is 3.52. The molecule has 1 saturated heterocycles. The Morgan fingerprint density at radius 1 is 1.18 bits per heavy atom. The second kappa shape index (κ2) is 12.7. The van der Waals surface area contributed by atoms with Crippen molar-refractivity contribution in [3.05, 3.63) is 29.3 Å². The maximum atomic E-state index is 11.9. The molecule has 1 atom stereocenters. The molecule has 1 fully saturated rings. The van der Waals surface area contributed by atoms with Crippen LogP contribution in [0.4, 0.5) is 36.7 Å². The van der Waals surface area contributed by atoms with Crippen LogP contribution < -0.4 is 20.9 Å². The van der Waals surface area contributed by atoms with Crippen LogP contribution in [0, 0.1) is 12.3 Å². The fraction of sp³-hybridized carbons (Fsp3) is 0.542. The zero-order valence-corrected chi connectivity index (χ0v) is 22.2. The molecule has 210 valence electrons. The zero-order valence-electron chi connectivity index (χ0n) is 22.2. The largest absolute Gasteiger partial charge is 0.490 e. The number of hydrogen-bond donors (Lipinski definition) is 4. The Hall–Kier alpha value is -3.68. The van der Waals surface area contributed by atoms with Crippen molar-refractivity contribution < 1.29 is 32.6 Å². The maximum absolute atomic E-state index is 11.9. The molecular formula is C24H34F3N7O4. The van der Waals surface area contributed by atoms with Crippen LogP contribution in [-0.4, -0.2) is 78.0 Å². The molecule has 0 unspecified atom stereocenters. The van der Waals surface area contributed by atoms with E-state index < -0.39 is 12.1 Å². The summed E-state index contributed by atoms with van der Waals surface area (Å²) < 4.78 is 36.6. The summed E-state index contributed by atoms with van der Waals surface area (Å²) in [6.45, 7) is 11.1. The van der Waals surface area contributed by atoms with E-state index in [4.69, 9.17) is 14.6 Å². The van der Waals surface area contributed by atoms with E-state index in [9.17, 15) is 18.0 Å². The van der Waals surface area contributed by atoms with Gasteiger partial charge in [0.15, 0.2) is 0 Å². The second-order valence-corrected chi connectivity index (χ2v) is 9.98. The van der Waals surface area contributed by atoms with Crippen LogP contribution in [0.3, 0.4) is 0 Å². The third-order valence-electron chi connectivity index (χ3n) is 5.22. The summed E-state index contributed by atoms with van der Waals surface area (Å²) in [6.07, 6.45) is -4.07. The van der Waals surface area contributed by atoms with Crippen molar-refractivity contribution >= 4 is 35.5 Å². The molecule has 1 aromatic carbocycles. The molecule has 11 nitrogen and oxygen atoms in total. The molecule has 1 aliphatic heterocycles. The van der Waals surface area contributed by atoms with Crippen molar-refractivity contribution in [3.8, 4) is 0 Å². The van der Waals surface area contributed by atoms with Crippen LogP contribution in [0.5, 0.6) is 0 Å². The highest BCUT2D eigenvalue weighted by atomic mass is 19.4. The quantitative estimate of drug-likeness (QED) is 0.382. The monoisotopic (exact) mass is 541 g/mol. The number of alkyl halides is 3. The van der Waals surface area contributed by atoms with E-state index in [0.717, 1.165) is 37.3 Å². The number of benzene rings is 1. The minimum Gasteiger partial charge on any atom is -0.475 e. The number of halogens is 3. The van der Waals surface area contributed by atoms with Gasteiger partial charge in [-0.15, -0.1) is 0 Å². The number of carboxylic acids is 1. The van der Waals surface area contributed by atoms with E-state index in [1.807, 2.05) is 24.9 Å². The van der Waals surface area contributed by atoms with E-state index in [0.29, 0.717) is 23.4 Å². The smallest absolute Gasteiger partial charge is 0.475 e. The maximum Gasteiger partial charge on any atom is 0.490 e. The highest BCUT2D eigenvalue weighted by Crippen LogP contribution is 2.24. The third kappa shape index (κ3) is 9.65. The molecule has 0 amide bonds. The van der Waals surface area contributed by atoms with Crippen molar-refractivity contribution in [3.63, 3.8) is 0 Å². The number of carboxylic acid groups (broad SMARTS) is 1. The summed E-state index contributed by atoms with van der Waals surface area (Å²) in [5, 5.41) is 17.1. The summed E-state index contributed by atoms with van der Waals surface area (Å²) >= 11 is 0. The average Bonchev–Trinajstić information content (AvgIpc) is 3.31. The van der Waals surface area contributed by atoms with Gasteiger partial charge in [-0.2, -0.15) is 28.1 Å². The van der Waals surface area contributed by atoms with Gasteiger partial charge < -0.3 is 30.7 Å². The lowest BCUT2D eigenvalue weighted by atomic mass is 9.96. The summed E-state index contributed by atoms with van der Waals surface area (Å²) in [6, 6.07) is 5.63. The number of aryl methyl sites for hydroxylation is 1. The van der Waals surface area contributed by atoms with Gasteiger partial charge in [0.25, 0.3) is 0 Å². The zero-order chi connectivity index (χ0) is 28.7. The minimum absolute atomic E-state index is 0.0867. The molecule has 14 heteroatoms. The first-order valence-corrected chi connectivity index (χ1v) is 11.8. The van der Waals surface area contributed by atoms with E-state index in [1.165, 1.54) is 7.11 Å². The number of carbonyl (C=O) groups excluding carboxylic acids is 1. The molecule has 0 spiro atoms. The van der Waals surface area contributed by atoms with Gasteiger partial charge in [-0.05, 0) is 43.0 Å². The van der Waals surface area contributed by atoms with Gasteiger partial charge >= 0.3 is 18.1 Å². The molecule has 4 N–H and O–H groups in total. The summed E-state index contributed by atoms with van der Waals surface area (Å²) in [7, 11) is 3.35. The Balaban J connectivity index is 0.000000638. The lowest BCUT2D eigenvalue weighted by Crippen LogP contribution is -2.31. The number of esters is 1. The van der Waals surface area contributed by atoms with E-state index in [2.05, 4.69) is 51.7 Å². The predicted molar refractivity (Wildman–Crippen MR) is 137 cm³/mol. The van der Waals surface area contributed by atoms with Crippen LogP contribution in [0.25, 0.3) is 0 Å². The van der Waals surface area contributed by atoms with Crippen LogP contribution in [0.15, 0.2) is 18.2 Å². The number of nitrogens with one attached hydrogen (secondary N) is 3. The average molecular weight is 542 g/mol. The first kappa shape index (κ1) is 30.5. The molecular weight excluding hydrogens is 507 g/mol. The Bertz CT molecular complexity index is 1120. The number of anilines is 4. The molecule has 0 saturated carbocycles. The van der Waals surface area contributed by atoms with E-state index in [1.54, 1.807) is 12.1 Å². The van der Waals surface area contributed by atoms with Crippen molar-refractivity contribution in [1.29, 1.82) is 0 Å². The normalized spacial score (nSPS) is 15.2. The Morgan fingerprint density at radius 3 is 2.34 bits per heavy atom. The Labute approximate surface area is 219 Å². The van der Waals surface area contributed by atoms with Crippen LogP contribution in [0.2, 0.25) is 0 Å². The standard InChI is InChI=1S/C22H33N7O2.C2HF3O2/c1-14-7-8-15(18(30)31-6)11-17(14)25-20-26-19(24-16-9-10-23-12-16)27-21(28-20)29(5)13-22(2,3)4;3-2(4,5)1(6)7/h7-8,11,16,23H,9-10,12-13H2,1-6H3,(H2,24,25,26,27,28);(H,6,7)/t16-;/m1./s1. The van der Waals surface area contributed by atoms with Crippen LogP contribution in [0.1, 0.15) is 43.1 Å². The van der Waals surface area contributed by atoms with Crippen LogP contribution >= 0.6 is 0 Å². The lowest BCUT2D eigenvalue weighted by molar-refractivity contribution is -0.192. The number of aromatic nitrogens is 3. The van der Waals surface area contributed by atoms with Crippen molar-refractivity contribution in [1.82, 2.24) is 20.3 Å². The van der Waals surface area contributed by atoms with E-state index in [-0.39, 0.29) is 17.4 Å². The topological polar surface area (TPSA) is 142 Å². The van der Waals surface area contributed by atoms with Gasteiger partial charge in [-0.25, -0.2) is 9.59 Å². The van der Waals surface area contributed by atoms with Crippen molar-refractivity contribution in [2.24, 2.45) is 5.41 Å². The molecule has 1 aliphatic rings. The Kier molecular flexibility index (Phi) is 10.2. The van der Waals surface area contributed by atoms with Gasteiger partial charge in [0.1, 0.15) is 0 Å². The predicted octanol–water partition coefficient (Wildman–Crippen LogP) is 3.60. The number of methoxy groups -OCH3 is 1. The molecule has 2 aromatic rings. The summed E-state index contributed by atoms with van der Waals surface area (Å²) in [4.78, 5) is 36.8. The fourth-order valence-corrected chi connectivity index (χ4v) is 3.52. The van der Waals surface area contributed by atoms with Gasteiger partial charge in [0, 0.05) is 31.9 Å². The molecule has 38 heavy (non-hydrogen) atoms. The number of carbonyl (C=O) groups is 2. The first-order chi connectivity index (χ1) is 17.6. The number of nitrogens with zero attached hydrogens (tertiary/aromatic N) is 4. The number of aliphatic carboxylic acids is 1. The number of rotatable bonds is 7. The lowest BCUT2D eigenvalue weighted by Gasteiger charge is -2.27. The molecule has 2 heterocycles. The minimum atomic E-state index is -5.08. The summed E-state index contributed by atoms with van der Waals surface area (Å²) in [5.41, 5.74) is 2.26. The summed E-state index contributed by atoms with van der Waals surface area (Å²) in [5.74, 6) is -1.61. The Morgan fingerprint density at radius 2 is 1.82 bits per heavy atom. The molecule has 3 rings (SSSR count). The highest BCUT2D eigenvalue weighted by molar-refractivity contribution is 5.91.